The topological polar surface area (TPSA) is 83.0 Å². The Morgan fingerprint density at radius 2 is 1.41 bits per heavy atom. The SMILES string of the molecule is CCCCNc1nc(Cl)nc(NCCC[N+](C)(C)C)n1.C[N+](C)(C)CC(O)CCl. The number of hydrogen-bond donors (Lipinski definition) is 3. The number of alkyl halides is 1. The van der Waals surface area contributed by atoms with Gasteiger partial charge in [0.2, 0.25) is 17.2 Å². The van der Waals surface area contributed by atoms with Crippen LogP contribution < -0.4 is 10.6 Å². The summed E-state index contributed by atoms with van der Waals surface area (Å²) in [6, 6.07) is 0. The Hall–Kier alpha value is -0.930. The van der Waals surface area contributed by atoms with Crippen molar-refractivity contribution in [2.75, 3.05) is 85.0 Å². The van der Waals surface area contributed by atoms with Crippen molar-refractivity contribution in [1.82, 2.24) is 15.0 Å². The Morgan fingerprint density at radius 3 is 1.79 bits per heavy atom. The molecule has 8 nitrogen and oxygen atoms in total. The molecule has 0 bridgehead atoms. The number of hydrogen-bond acceptors (Lipinski definition) is 6. The number of anilines is 2. The second-order valence-electron chi connectivity index (χ2n) is 9.11. The molecule has 1 atom stereocenters. The van der Waals surface area contributed by atoms with Gasteiger partial charge in [0.1, 0.15) is 12.6 Å². The molecule has 1 aromatic rings. The molecule has 29 heavy (non-hydrogen) atoms. The van der Waals surface area contributed by atoms with Crippen molar-refractivity contribution >= 4 is 35.1 Å². The summed E-state index contributed by atoms with van der Waals surface area (Å²) < 4.78 is 1.71. The van der Waals surface area contributed by atoms with Gasteiger partial charge in [-0.15, -0.1) is 11.6 Å². The van der Waals surface area contributed by atoms with Crippen LogP contribution in [0.1, 0.15) is 26.2 Å². The third kappa shape index (κ3) is 17.6. The van der Waals surface area contributed by atoms with E-state index in [1.807, 2.05) is 21.1 Å². The quantitative estimate of drug-likeness (QED) is 0.256. The summed E-state index contributed by atoms with van der Waals surface area (Å²) in [5.74, 6) is 1.40. The molecule has 0 amide bonds. The summed E-state index contributed by atoms with van der Waals surface area (Å²) in [5, 5.41) is 15.6. The minimum Gasteiger partial charge on any atom is -0.386 e. The summed E-state index contributed by atoms with van der Waals surface area (Å²) >= 11 is 11.3. The highest BCUT2D eigenvalue weighted by Crippen LogP contribution is 2.09. The highest BCUT2D eigenvalue weighted by molar-refractivity contribution is 6.28. The lowest BCUT2D eigenvalue weighted by Crippen LogP contribution is -2.41. The molecule has 170 valence electrons. The van der Waals surface area contributed by atoms with Gasteiger partial charge in [0, 0.05) is 19.5 Å². The molecule has 0 spiro atoms. The fraction of sp³-hybridized carbons (Fsp3) is 0.842. The van der Waals surface area contributed by atoms with Crippen molar-refractivity contribution in [1.29, 1.82) is 0 Å². The minimum atomic E-state index is -0.369. The lowest BCUT2D eigenvalue weighted by atomic mass is 10.3. The van der Waals surface area contributed by atoms with Crippen molar-refractivity contribution in [2.24, 2.45) is 0 Å². The maximum Gasteiger partial charge on any atom is 0.228 e. The van der Waals surface area contributed by atoms with Crippen molar-refractivity contribution < 1.29 is 14.1 Å². The lowest BCUT2D eigenvalue weighted by molar-refractivity contribution is -0.873. The molecule has 0 saturated carbocycles. The Balaban J connectivity index is 0.000000734. The van der Waals surface area contributed by atoms with Crippen LogP contribution in [0.2, 0.25) is 5.28 Å². The van der Waals surface area contributed by atoms with Gasteiger partial charge in [-0.2, -0.15) is 15.0 Å². The number of aliphatic hydroxyl groups excluding tert-OH is 1. The van der Waals surface area contributed by atoms with Crippen LogP contribution in [0, 0.1) is 0 Å². The van der Waals surface area contributed by atoms with Gasteiger partial charge in [0.25, 0.3) is 0 Å². The molecule has 0 aliphatic heterocycles. The Kier molecular flexibility index (Phi) is 13.7. The number of likely N-dealkylation sites (N-methyl/N-ethyl adjacent to an activating group) is 1. The highest BCUT2D eigenvalue weighted by atomic mass is 35.5. The zero-order valence-electron chi connectivity index (χ0n) is 19.2. The van der Waals surface area contributed by atoms with E-state index in [0.717, 1.165) is 47.9 Å². The molecule has 1 rings (SSSR count). The maximum atomic E-state index is 9.05. The molecule has 1 heterocycles. The number of halogens is 2. The van der Waals surface area contributed by atoms with Gasteiger partial charge in [0.15, 0.2) is 0 Å². The normalized spacial score (nSPS) is 12.8. The van der Waals surface area contributed by atoms with Crippen LogP contribution in [0.3, 0.4) is 0 Å². The number of quaternary nitrogens is 2. The van der Waals surface area contributed by atoms with Crippen LogP contribution in [0.25, 0.3) is 0 Å². The van der Waals surface area contributed by atoms with Crippen LogP contribution in [0.4, 0.5) is 11.9 Å². The van der Waals surface area contributed by atoms with E-state index in [-0.39, 0.29) is 11.4 Å². The van der Waals surface area contributed by atoms with Crippen molar-refractivity contribution in [3.63, 3.8) is 0 Å². The summed E-state index contributed by atoms with van der Waals surface area (Å²) in [6.07, 6.45) is 2.88. The number of nitrogens with zero attached hydrogens (tertiary/aromatic N) is 5. The van der Waals surface area contributed by atoms with Crippen molar-refractivity contribution in [3.05, 3.63) is 5.28 Å². The number of aromatic nitrogens is 3. The van der Waals surface area contributed by atoms with E-state index in [9.17, 15) is 0 Å². The van der Waals surface area contributed by atoms with Crippen LogP contribution in [0.15, 0.2) is 0 Å². The smallest absolute Gasteiger partial charge is 0.228 e. The first kappa shape index (κ1) is 28.1. The van der Waals surface area contributed by atoms with E-state index in [2.05, 4.69) is 53.7 Å². The van der Waals surface area contributed by atoms with E-state index in [1.165, 1.54) is 0 Å². The second kappa shape index (κ2) is 14.1. The Bertz CT molecular complexity index is 562. The van der Waals surface area contributed by atoms with Gasteiger partial charge >= 0.3 is 0 Å². The number of rotatable bonds is 12. The van der Waals surface area contributed by atoms with Crippen molar-refractivity contribution in [3.8, 4) is 0 Å². The van der Waals surface area contributed by atoms with Crippen LogP contribution in [0.5, 0.6) is 0 Å². The number of nitrogens with one attached hydrogen (secondary N) is 2. The molecule has 1 aromatic heterocycles. The molecule has 3 N–H and O–H groups in total. The first-order valence-corrected chi connectivity index (χ1v) is 11.0. The van der Waals surface area contributed by atoms with Crippen molar-refractivity contribution in [2.45, 2.75) is 32.3 Å². The molecule has 1 unspecified atom stereocenters. The molecule has 0 aromatic carbocycles. The molecule has 0 aliphatic carbocycles. The Labute approximate surface area is 186 Å². The molecular formula is C19H41Cl2N7O+2. The van der Waals surface area contributed by atoms with Crippen LogP contribution in [-0.2, 0) is 0 Å². The van der Waals surface area contributed by atoms with E-state index >= 15 is 0 Å². The lowest BCUT2D eigenvalue weighted by Gasteiger charge is -2.25. The fourth-order valence-electron chi connectivity index (χ4n) is 2.32. The summed E-state index contributed by atoms with van der Waals surface area (Å²) in [4.78, 5) is 12.5. The predicted octanol–water partition coefficient (Wildman–Crippen LogP) is 2.54. The molecule has 10 heteroatoms. The van der Waals surface area contributed by atoms with Gasteiger partial charge in [-0.25, -0.2) is 0 Å². The average Bonchev–Trinajstić information content (AvgIpc) is 2.57. The molecule has 0 radical (unpaired) electrons. The zero-order valence-corrected chi connectivity index (χ0v) is 20.7. The van der Waals surface area contributed by atoms with E-state index in [0.29, 0.717) is 24.3 Å². The largest absolute Gasteiger partial charge is 0.386 e. The van der Waals surface area contributed by atoms with Gasteiger partial charge in [-0.1, -0.05) is 13.3 Å². The van der Waals surface area contributed by atoms with E-state index in [1.54, 1.807) is 0 Å². The predicted molar refractivity (Wildman–Crippen MR) is 124 cm³/mol. The fourth-order valence-corrected chi connectivity index (χ4v) is 2.58. The standard InChI is InChI=1S/C13H26ClN6.C6H15ClNO/c1-5-6-8-15-12-17-11(14)18-13(19-12)16-9-7-10-20(2,3)4;1-8(2,3)5-6(9)4-7/h5-10H2,1-4H3,(H2,15,16,17,18,19);6,9H,4-5H2,1-3H3/q2*+1. The monoisotopic (exact) mass is 453 g/mol. The van der Waals surface area contributed by atoms with Crippen LogP contribution >= 0.6 is 23.2 Å². The number of aliphatic hydroxyl groups is 1. The first-order chi connectivity index (χ1) is 13.4. The van der Waals surface area contributed by atoms with Crippen LogP contribution in [-0.4, -0.2) is 109 Å². The maximum absolute atomic E-state index is 9.05. The van der Waals surface area contributed by atoms with Gasteiger partial charge in [-0.05, 0) is 18.0 Å². The molecular weight excluding hydrogens is 413 g/mol. The second-order valence-corrected chi connectivity index (χ2v) is 9.75. The highest BCUT2D eigenvalue weighted by Gasteiger charge is 2.13. The number of unbranched alkanes of at least 4 members (excludes halogenated alkanes) is 1. The first-order valence-electron chi connectivity index (χ1n) is 10.1. The van der Waals surface area contributed by atoms with Gasteiger partial charge in [0.05, 0.1) is 54.7 Å². The summed E-state index contributed by atoms with van der Waals surface area (Å²) in [6.45, 7) is 5.61. The van der Waals surface area contributed by atoms with E-state index in [4.69, 9.17) is 28.3 Å². The summed E-state index contributed by atoms with van der Waals surface area (Å²) in [7, 11) is 12.6. The minimum absolute atomic E-state index is 0.216. The molecule has 0 fully saturated rings. The summed E-state index contributed by atoms with van der Waals surface area (Å²) in [5.41, 5.74) is 0. The Morgan fingerprint density at radius 1 is 0.897 bits per heavy atom. The van der Waals surface area contributed by atoms with E-state index < -0.39 is 0 Å². The van der Waals surface area contributed by atoms with Gasteiger partial charge < -0.3 is 24.7 Å². The molecule has 0 saturated heterocycles. The average molecular weight is 454 g/mol. The molecule has 0 aliphatic rings. The third-order valence-electron chi connectivity index (χ3n) is 3.65. The zero-order chi connectivity index (χ0) is 22.5. The van der Waals surface area contributed by atoms with Gasteiger partial charge in [-0.3, -0.25) is 0 Å². The third-order valence-corrected chi connectivity index (χ3v) is 4.17.